The van der Waals surface area contributed by atoms with Gasteiger partial charge in [0.1, 0.15) is 6.61 Å². The van der Waals surface area contributed by atoms with Crippen LogP contribution in [-0.4, -0.2) is 29.3 Å². The Balaban J connectivity index is 1.72. The molecule has 0 saturated carbocycles. The lowest BCUT2D eigenvalue weighted by Crippen LogP contribution is -2.08. The van der Waals surface area contributed by atoms with Crippen LogP contribution in [0.1, 0.15) is 57.9 Å². The Morgan fingerprint density at radius 3 is 2.59 bits per heavy atom. The molecule has 0 spiro atoms. The zero-order chi connectivity index (χ0) is 20.7. The van der Waals surface area contributed by atoms with Crippen LogP contribution in [-0.2, 0) is 4.74 Å². The minimum absolute atomic E-state index is 0.356. The minimum Gasteiger partial charge on any atom is -0.472 e. The van der Waals surface area contributed by atoms with E-state index in [1.807, 2.05) is 0 Å². The fourth-order valence-corrected chi connectivity index (χ4v) is 2.91. The molecule has 1 aromatic carbocycles. The molecule has 0 saturated heterocycles. The Labute approximate surface area is 175 Å². The number of nitrogens with zero attached hydrogens (tertiary/aromatic N) is 2. The van der Waals surface area contributed by atoms with E-state index in [0.29, 0.717) is 18.6 Å². The van der Waals surface area contributed by atoms with Crippen LogP contribution < -0.4 is 4.74 Å². The van der Waals surface area contributed by atoms with Crippen molar-refractivity contribution in [1.29, 1.82) is 0 Å². The predicted molar refractivity (Wildman–Crippen MR) is 121 cm³/mol. The molecule has 0 aliphatic heterocycles. The second-order valence-corrected chi connectivity index (χ2v) is 7.18. The third kappa shape index (κ3) is 9.05. The molecule has 0 aliphatic rings. The van der Waals surface area contributed by atoms with Crippen molar-refractivity contribution in [2.75, 3.05) is 13.2 Å². The molecule has 4 nitrogen and oxygen atoms in total. The summed E-state index contributed by atoms with van der Waals surface area (Å²) in [6, 6.07) is 8.35. The molecule has 2 aromatic rings. The van der Waals surface area contributed by atoms with E-state index in [9.17, 15) is 0 Å². The smallest absolute Gasteiger partial charge is 0.232 e. The topological polar surface area (TPSA) is 44.2 Å². The number of ether oxygens (including phenoxy) is 2. The van der Waals surface area contributed by atoms with Gasteiger partial charge in [-0.1, -0.05) is 68.8 Å². The van der Waals surface area contributed by atoms with Crippen molar-refractivity contribution < 1.29 is 9.47 Å². The summed E-state index contributed by atoms with van der Waals surface area (Å²) in [4.78, 5) is 8.68. The highest BCUT2D eigenvalue weighted by Gasteiger charge is 2.02. The lowest BCUT2D eigenvalue weighted by atomic mass is 10.1. The molecule has 0 radical (unpaired) electrons. The summed E-state index contributed by atoms with van der Waals surface area (Å²) in [7, 11) is 0. The van der Waals surface area contributed by atoms with Crippen LogP contribution >= 0.6 is 0 Å². The van der Waals surface area contributed by atoms with Gasteiger partial charge in [-0.15, -0.1) is 0 Å². The van der Waals surface area contributed by atoms with Crippen LogP contribution in [0.25, 0.3) is 17.3 Å². The van der Waals surface area contributed by atoms with Gasteiger partial charge >= 0.3 is 0 Å². The van der Waals surface area contributed by atoms with Crippen LogP contribution in [0.2, 0.25) is 0 Å². The Kier molecular flexibility index (Phi) is 10.8. The summed E-state index contributed by atoms with van der Waals surface area (Å²) in [5.41, 5.74) is 3.06. The molecule has 0 fully saturated rings. The van der Waals surface area contributed by atoms with Crippen molar-refractivity contribution in [2.45, 2.75) is 58.5 Å². The zero-order valence-electron chi connectivity index (χ0n) is 17.8. The summed E-state index contributed by atoms with van der Waals surface area (Å²) in [5.74, 6) is 0.508. The van der Waals surface area contributed by atoms with Crippen molar-refractivity contribution in [2.24, 2.45) is 0 Å². The largest absolute Gasteiger partial charge is 0.472 e. The van der Waals surface area contributed by atoms with Gasteiger partial charge in [0.25, 0.3) is 0 Å². The molecular weight excluding hydrogens is 360 g/mol. The summed E-state index contributed by atoms with van der Waals surface area (Å²) in [6.07, 6.45) is 16.8. The highest BCUT2D eigenvalue weighted by molar-refractivity contribution is 5.61. The van der Waals surface area contributed by atoms with Gasteiger partial charge in [0, 0.05) is 12.2 Å². The Bertz CT molecular complexity index is 723. The molecule has 1 unspecified atom stereocenters. The monoisotopic (exact) mass is 394 g/mol. The lowest BCUT2D eigenvalue weighted by molar-refractivity contribution is 0.0566. The summed E-state index contributed by atoms with van der Waals surface area (Å²) >= 11 is 0. The predicted octanol–water partition coefficient (Wildman–Crippen LogP) is 6.49. The zero-order valence-corrected chi connectivity index (χ0v) is 17.8. The number of hydrogen-bond acceptors (Lipinski definition) is 4. The third-order valence-electron chi connectivity index (χ3n) is 4.63. The fourth-order valence-electron chi connectivity index (χ4n) is 2.91. The molecule has 0 N–H and O–H groups in total. The summed E-state index contributed by atoms with van der Waals surface area (Å²) in [5, 5.41) is 0. The fraction of sp³-hybridized carbons (Fsp3) is 0.440. The van der Waals surface area contributed by atoms with Gasteiger partial charge in [0.15, 0.2) is 0 Å². The molecule has 29 heavy (non-hydrogen) atoms. The molecule has 156 valence electrons. The number of rotatable bonds is 14. The number of unbranched alkanes of at least 4 members (excludes halogenated alkanes) is 3. The third-order valence-corrected chi connectivity index (χ3v) is 4.63. The van der Waals surface area contributed by atoms with Gasteiger partial charge in [0.05, 0.1) is 24.2 Å². The number of allylic oxidation sites excluding steroid dienone is 1. The SMILES string of the molecule is C=CCOc1cnc(-c2ccc(/C=C/CCCC(C)OCCCCC)cc2)cn1. The van der Waals surface area contributed by atoms with Crippen LogP contribution in [0.4, 0.5) is 0 Å². The maximum Gasteiger partial charge on any atom is 0.232 e. The van der Waals surface area contributed by atoms with Gasteiger partial charge in [-0.2, -0.15) is 0 Å². The molecule has 4 heteroatoms. The Morgan fingerprint density at radius 2 is 1.90 bits per heavy atom. The van der Waals surface area contributed by atoms with Crippen LogP contribution in [0, 0.1) is 0 Å². The van der Waals surface area contributed by atoms with Gasteiger partial charge in [0.2, 0.25) is 5.88 Å². The first-order valence-electron chi connectivity index (χ1n) is 10.7. The van der Waals surface area contributed by atoms with Gasteiger partial charge in [-0.05, 0) is 38.2 Å². The van der Waals surface area contributed by atoms with Crippen molar-refractivity contribution in [3.8, 4) is 17.1 Å². The second kappa shape index (κ2) is 13.7. The van der Waals surface area contributed by atoms with E-state index < -0.39 is 0 Å². The van der Waals surface area contributed by atoms with E-state index >= 15 is 0 Å². The number of hydrogen-bond donors (Lipinski definition) is 0. The quantitative estimate of drug-likeness (QED) is 0.271. The lowest BCUT2D eigenvalue weighted by Gasteiger charge is -2.11. The molecule has 0 amide bonds. The highest BCUT2D eigenvalue weighted by atomic mass is 16.5. The van der Waals surface area contributed by atoms with E-state index in [1.54, 1.807) is 18.5 Å². The first-order valence-corrected chi connectivity index (χ1v) is 10.7. The standard InChI is InChI=1S/C25H34N2O2/c1-4-6-10-18-28-21(3)11-8-7-9-12-22-13-15-23(16-14-22)24-19-27-25(20-26-24)29-17-5-2/h5,9,12-16,19-21H,2,4,6-8,10-11,17-18H2,1,3H3/b12-9+. The summed E-state index contributed by atoms with van der Waals surface area (Å²) < 4.78 is 11.2. The van der Waals surface area contributed by atoms with Crippen LogP contribution in [0.5, 0.6) is 5.88 Å². The average molecular weight is 395 g/mol. The van der Waals surface area contributed by atoms with Crippen LogP contribution in [0.15, 0.2) is 55.4 Å². The molecule has 1 atom stereocenters. The molecule has 0 aliphatic carbocycles. The average Bonchev–Trinajstić information content (AvgIpc) is 2.76. The molecule has 1 aromatic heterocycles. The Morgan fingerprint density at radius 1 is 1.07 bits per heavy atom. The van der Waals surface area contributed by atoms with Crippen molar-refractivity contribution >= 4 is 6.08 Å². The minimum atomic E-state index is 0.356. The van der Waals surface area contributed by atoms with E-state index in [0.717, 1.165) is 37.1 Å². The Hall–Kier alpha value is -2.46. The van der Waals surface area contributed by atoms with Crippen molar-refractivity contribution in [3.05, 3.63) is 61.0 Å². The highest BCUT2D eigenvalue weighted by Crippen LogP contribution is 2.19. The van der Waals surface area contributed by atoms with Crippen molar-refractivity contribution in [3.63, 3.8) is 0 Å². The van der Waals surface area contributed by atoms with Gasteiger partial charge in [-0.25, -0.2) is 9.97 Å². The van der Waals surface area contributed by atoms with Crippen LogP contribution in [0.3, 0.4) is 0 Å². The normalized spacial score (nSPS) is 12.2. The van der Waals surface area contributed by atoms with E-state index in [2.05, 4.69) is 66.8 Å². The second-order valence-electron chi connectivity index (χ2n) is 7.18. The van der Waals surface area contributed by atoms with E-state index in [4.69, 9.17) is 9.47 Å². The first kappa shape index (κ1) is 22.8. The molecule has 1 heterocycles. The first-order chi connectivity index (χ1) is 14.2. The maximum absolute atomic E-state index is 5.84. The van der Waals surface area contributed by atoms with Crippen molar-refractivity contribution in [1.82, 2.24) is 9.97 Å². The van der Waals surface area contributed by atoms with E-state index in [1.165, 1.54) is 24.8 Å². The molecular formula is C25H34N2O2. The number of benzene rings is 1. The van der Waals surface area contributed by atoms with Gasteiger partial charge < -0.3 is 9.47 Å². The van der Waals surface area contributed by atoms with Gasteiger partial charge in [-0.3, -0.25) is 0 Å². The molecule has 0 bridgehead atoms. The summed E-state index contributed by atoms with van der Waals surface area (Å²) in [6.45, 7) is 9.34. The van der Waals surface area contributed by atoms with E-state index in [-0.39, 0.29) is 0 Å². The maximum atomic E-state index is 5.84. The molecule has 2 rings (SSSR count). The number of aromatic nitrogens is 2.